The SMILES string of the molecule is C=C(C(=O)O)[C@@H]1CC[C@H](C)C2=C(C1)[C@]1(C)CC2C[C@@]1(C(=O)O)[C@@H]1CC[C@H](C)[C@@H]2CC(=O)C(C)=C2[C@H]1O. The lowest BCUT2D eigenvalue weighted by Gasteiger charge is -2.50. The van der Waals surface area contributed by atoms with Crippen LogP contribution in [0.25, 0.3) is 0 Å². The van der Waals surface area contributed by atoms with Crippen LogP contribution in [0.2, 0.25) is 0 Å². The summed E-state index contributed by atoms with van der Waals surface area (Å²) in [5.41, 5.74) is 2.26. The van der Waals surface area contributed by atoms with Crippen LogP contribution in [0, 0.1) is 46.3 Å². The van der Waals surface area contributed by atoms with Crippen LogP contribution in [-0.4, -0.2) is 39.1 Å². The Bertz CT molecular complexity index is 1110. The highest BCUT2D eigenvalue weighted by atomic mass is 16.4. The quantitative estimate of drug-likeness (QED) is 0.366. The molecular formula is C30H40O6. The number of allylic oxidation sites excluding steroid dienone is 3. The Kier molecular flexibility index (Phi) is 5.94. The molecule has 3 N–H and O–H groups in total. The van der Waals surface area contributed by atoms with Crippen molar-refractivity contribution in [1.82, 2.24) is 0 Å². The molecule has 0 aromatic heterocycles. The number of ketones is 1. The van der Waals surface area contributed by atoms with E-state index in [9.17, 15) is 29.7 Å². The van der Waals surface area contributed by atoms with Crippen molar-refractivity contribution in [3.8, 4) is 0 Å². The third-order valence-electron chi connectivity index (χ3n) is 11.3. The fourth-order valence-corrected chi connectivity index (χ4v) is 9.44. The second-order valence-corrected chi connectivity index (χ2v) is 12.8. The predicted octanol–water partition coefficient (Wildman–Crippen LogP) is 5.17. The van der Waals surface area contributed by atoms with Gasteiger partial charge in [0.1, 0.15) is 0 Å². The van der Waals surface area contributed by atoms with Crippen molar-refractivity contribution in [2.75, 3.05) is 0 Å². The number of hydrogen-bond acceptors (Lipinski definition) is 4. The first-order valence-electron chi connectivity index (χ1n) is 13.7. The number of fused-ring (bicyclic) bond motifs is 5. The highest BCUT2D eigenvalue weighted by molar-refractivity contribution is 5.99. The molecule has 0 amide bonds. The van der Waals surface area contributed by atoms with E-state index in [0.717, 1.165) is 36.8 Å². The number of aliphatic hydroxyl groups excluding tert-OH is 1. The normalized spacial score (nSPS) is 44.2. The zero-order valence-electron chi connectivity index (χ0n) is 22.0. The van der Waals surface area contributed by atoms with Crippen LogP contribution in [0.3, 0.4) is 0 Å². The lowest BCUT2D eigenvalue weighted by Crippen LogP contribution is -2.53. The minimum absolute atomic E-state index is 0.00862. The lowest BCUT2D eigenvalue weighted by molar-refractivity contribution is -0.164. The summed E-state index contributed by atoms with van der Waals surface area (Å²) < 4.78 is 0. The molecule has 1 unspecified atom stereocenters. The fourth-order valence-electron chi connectivity index (χ4n) is 9.44. The van der Waals surface area contributed by atoms with Gasteiger partial charge in [-0.15, -0.1) is 0 Å². The molecule has 2 bridgehead atoms. The standard InChI is InChI=1S/C30H40O6/c1-14-7-9-21(26(32)25-17(4)23(31)11-20(14)25)30(28(35)36)13-19-12-29(30,5)22-10-18(16(3)27(33)34)8-6-15(2)24(19)22/h14-15,18-21,26,32H,3,6-13H2,1-2,4-5H3,(H,33,34)(H,35,36)/t14-,15-,18+,19?,20-,21+,26-,29-,30-/m0/s1. The van der Waals surface area contributed by atoms with Gasteiger partial charge in [-0.2, -0.15) is 0 Å². The van der Waals surface area contributed by atoms with Crippen LogP contribution < -0.4 is 0 Å². The van der Waals surface area contributed by atoms with Crippen LogP contribution in [0.15, 0.2) is 34.4 Å². The molecule has 0 radical (unpaired) electrons. The number of carboxylic acid groups (broad SMARTS) is 2. The van der Waals surface area contributed by atoms with Crippen molar-refractivity contribution in [2.24, 2.45) is 46.3 Å². The molecule has 0 aromatic carbocycles. The summed E-state index contributed by atoms with van der Waals surface area (Å²) in [6.07, 6.45) is 4.26. The molecule has 2 saturated carbocycles. The van der Waals surface area contributed by atoms with Gasteiger partial charge in [0.2, 0.25) is 0 Å². The summed E-state index contributed by atoms with van der Waals surface area (Å²) in [5.74, 6) is -1.84. The first kappa shape index (κ1) is 25.4. The Labute approximate surface area is 213 Å². The monoisotopic (exact) mass is 496 g/mol. The predicted molar refractivity (Wildman–Crippen MR) is 135 cm³/mol. The molecule has 0 aromatic rings. The van der Waals surface area contributed by atoms with Crippen molar-refractivity contribution < 1.29 is 29.7 Å². The molecule has 0 spiro atoms. The van der Waals surface area contributed by atoms with Gasteiger partial charge in [-0.25, -0.2) is 4.79 Å². The average Bonchev–Trinajstić information content (AvgIpc) is 3.30. The lowest BCUT2D eigenvalue weighted by atomic mass is 9.52. The summed E-state index contributed by atoms with van der Waals surface area (Å²) in [7, 11) is 0. The molecule has 5 rings (SSSR count). The third kappa shape index (κ3) is 3.22. The van der Waals surface area contributed by atoms with E-state index in [1.165, 1.54) is 5.57 Å². The van der Waals surface area contributed by atoms with Gasteiger partial charge in [-0.3, -0.25) is 9.59 Å². The first-order chi connectivity index (χ1) is 16.8. The molecule has 0 heterocycles. The zero-order valence-corrected chi connectivity index (χ0v) is 22.0. The molecule has 6 nitrogen and oxygen atoms in total. The Balaban J connectivity index is 1.63. The van der Waals surface area contributed by atoms with Crippen molar-refractivity contribution >= 4 is 17.7 Å². The van der Waals surface area contributed by atoms with Crippen molar-refractivity contribution in [3.05, 3.63) is 34.4 Å². The molecule has 6 heteroatoms. The summed E-state index contributed by atoms with van der Waals surface area (Å²) in [4.78, 5) is 37.9. The third-order valence-corrected chi connectivity index (χ3v) is 11.3. The molecule has 196 valence electrons. The van der Waals surface area contributed by atoms with Gasteiger partial charge < -0.3 is 15.3 Å². The Morgan fingerprint density at radius 3 is 2.33 bits per heavy atom. The van der Waals surface area contributed by atoms with Gasteiger partial charge in [-0.1, -0.05) is 38.5 Å². The second kappa shape index (κ2) is 8.41. The number of aliphatic carboxylic acids is 2. The zero-order chi connectivity index (χ0) is 26.3. The minimum Gasteiger partial charge on any atom is -0.481 e. The summed E-state index contributed by atoms with van der Waals surface area (Å²) >= 11 is 0. The summed E-state index contributed by atoms with van der Waals surface area (Å²) in [6, 6.07) is 0. The highest BCUT2D eigenvalue weighted by Gasteiger charge is 2.70. The van der Waals surface area contributed by atoms with E-state index >= 15 is 0 Å². The second-order valence-electron chi connectivity index (χ2n) is 12.8. The van der Waals surface area contributed by atoms with Crippen molar-refractivity contribution in [2.45, 2.75) is 85.2 Å². The molecule has 5 aliphatic rings. The van der Waals surface area contributed by atoms with E-state index in [0.29, 0.717) is 31.3 Å². The maximum Gasteiger partial charge on any atom is 0.331 e. The van der Waals surface area contributed by atoms with Gasteiger partial charge >= 0.3 is 11.9 Å². The molecule has 9 atom stereocenters. The van der Waals surface area contributed by atoms with E-state index in [1.807, 2.05) is 0 Å². The summed E-state index contributed by atoms with van der Waals surface area (Å²) in [5, 5.41) is 32.5. The number of hydrogen-bond donors (Lipinski definition) is 3. The van der Waals surface area contributed by atoms with E-state index in [2.05, 4.69) is 27.4 Å². The van der Waals surface area contributed by atoms with Gasteiger partial charge in [0.25, 0.3) is 0 Å². The fraction of sp³-hybridized carbons (Fsp3) is 0.700. The minimum atomic E-state index is -1.15. The topological polar surface area (TPSA) is 112 Å². The van der Waals surface area contributed by atoms with Gasteiger partial charge in [0, 0.05) is 23.3 Å². The summed E-state index contributed by atoms with van der Waals surface area (Å²) in [6.45, 7) is 12.1. The maximum atomic E-state index is 13.4. The number of Topliss-reactive ketones (excluding diaryl/α,β-unsaturated/α-hetero) is 1. The Morgan fingerprint density at radius 1 is 1.00 bits per heavy atom. The van der Waals surface area contributed by atoms with E-state index < -0.39 is 34.8 Å². The smallest absolute Gasteiger partial charge is 0.331 e. The van der Waals surface area contributed by atoms with E-state index in [4.69, 9.17) is 0 Å². The molecule has 0 aliphatic heterocycles. The van der Waals surface area contributed by atoms with Gasteiger partial charge in [-0.05, 0) is 92.6 Å². The van der Waals surface area contributed by atoms with E-state index in [1.54, 1.807) is 6.92 Å². The van der Waals surface area contributed by atoms with Crippen molar-refractivity contribution in [3.63, 3.8) is 0 Å². The molecule has 5 aliphatic carbocycles. The molecule has 2 fully saturated rings. The number of carbonyl (C=O) groups is 3. The van der Waals surface area contributed by atoms with E-state index in [-0.39, 0.29) is 40.9 Å². The first-order valence-corrected chi connectivity index (χ1v) is 13.7. The van der Waals surface area contributed by atoms with Crippen LogP contribution in [-0.2, 0) is 14.4 Å². The number of carboxylic acids is 2. The van der Waals surface area contributed by atoms with Crippen LogP contribution >= 0.6 is 0 Å². The number of rotatable bonds is 4. The van der Waals surface area contributed by atoms with Crippen LogP contribution in [0.5, 0.6) is 0 Å². The molecular weight excluding hydrogens is 456 g/mol. The highest BCUT2D eigenvalue weighted by Crippen LogP contribution is 2.73. The van der Waals surface area contributed by atoms with Gasteiger partial charge in [0.05, 0.1) is 11.5 Å². The maximum absolute atomic E-state index is 13.4. The number of aliphatic hydroxyl groups is 1. The van der Waals surface area contributed by atoms with Crippen LogP contribution in [0.1, 0.15) is 79.1 Å². The molecule has 36 heavy (non-hydrogen) atoms. The molecule has 0 saturated heterocycles. The number of carbonyl (C=O) groups excluding carboxylic acids is 1. The Hall–Kier alpha value is -2.21. The largest absolute Gasteiger partial charge is 0.481 e. The Morgan fingerprint density at radius 2 is 1.69 bits per heavy atom. The van der Waals surface area contributed by atoms with Crippen molar-refractivity contribution in [1.29, 1.82) is 0 Å². The van der Waals surface area contributed by atoms with Crippen LogP contribution in [0.4, 0.5) is 0 Å². The van der Waals surface area contributed by atoms with Gasteiger partial charge in [0.15, 0.2) is 5.78 Å². The average molecular weight is 497 g/mol.